The van der Waals surface area contributed by atoms with E-state index in [1.165, 1.54) is 0 Å². The van der Waals surface area contributed by atoms with Crippen molar-refractivity contribution in [3.05, 3.63) is 0 Å². The lowest BCUT2D eigenvalue weighted by Gasteiger charge is -2.50. The highest BCUT2D eigenvalue weighted by Crippen LogP contribution is 2.34. The lowest BCUT2D eigenvalue weighted by atomic mass is 10.0. The van der Waals surface area contributed by atoms with Gasteiger partial charge in [-0.2, -0.15) is 0 Å². The van der Waals surface area contributed by atoms with Gasteiger partial charge in [0.2, 0.25) is 0 Å². The quantitative estimate of drug-likeness (QED) is 0.289. The van der Waals surface area contributed by atoms with Crippen molar-refractivity contribution < 1.29 is 41.4 Å². The molecular formula is C25H58O9Si5. The van der Waals surface area contributed by atoms with E-state index in [9.17, 15) is 5.11 Å². The summed E-state index contributed by atoms with van der Waals surface area (Å²) in [5, 5.41) is 10.8. The van der Waals surface area contributed by atoms with Crippen molar-refractivity contribution in [2.45, 2.75) is 147 Å². The monoisotopic (exact) mass is 642 g/mol. The molecule has 0 aliphatic carbocycles. The van der Waals surface area contributed by atoms with E-state index < -0.39 is 78.6 Å². The Kier molecular flexibility index (Phi) is 12.1. The summed E-state index contributed by atoms with van der Waals surface area (Å²) in [7, 11) is -10.0. The van der Waals surface area contributed by atoms with E-state index in [1.807, 2.05) is 0 Å². The van der Waals surface area contributed by atoms with E-state index in [-0.39, 0.29) is 18.8 Å². The van der Waals surface area contributed by atoms with Gasteiger partial charge in [0.25, 0.3) is 0 Å². The van der Waals surface area contributed by atoms with Crippen LogP contribution < -0.4 is 0 Å². The van der Waals surface area contributed by atoms with Gasteiger partial charge in [-0.15, -0.1) is 0 Å². The molecular weight excluding hydrogens is 585 g/mol. The lowest BCUT2D eigenvalue weighted by molar-refractivity contribution is -0.315. The maximum Gasteiger partial charge on any atom is 0.185 e. The summed E-state index contributed by atoms with van der Waals surface area (Å²) >= 11 is 0. The van der Waals surface area contributed by atoms with Crippen molar-refractivity contribution in [3.8, 4) is 0 Å². The van der Waals surface area contributed by atoms with Gasteiger partial charge in [-0.3, -0.25) is 0 Å². The van der Waals surface area contributed by atoms with Gasteiger partial charge in [0.05, 0.1) is 19.3 Å². The predicted molar refractivity (Wildman–Crippen MR) is 168 cm³/mol. The molecule has 2 aliphatic heterocycles. The van der Waals surface area contributed by atoms with Crippen LogP contribution in [0.4, 0.5) is 0 Å². The van der Waals surface area contributed by atoms with E-state index in [2.05, 4.69) is 98.2 Å². The Balaban J connectivity index is 2.45. The lowest BCUT2D eigenvalue weighted by Crippen LogP contribution is -2.65. The number of aliphatic hydroxyl groups excluding tert-OH is 1. The first kappa shape index (κ1) is 35.9. The average molecular weight is 643 g/mol. The Morgan fingerprint density at radius 2 is 0.821 bits per heavy atom. The van der Waals surface area contributed by atoms with Crippen molar-refractivity contribution in [1.29, 1.82) is 0 Å². The van der Waals surface area contributed by atoms with Gasteiger partial charge in [-0.05, 0) is 98.2 Å². The fourth-order valence-electron chi connectivity index (χ4n) is 4.63. The van der Waals surface area contributed by atoms with E-state index >= 15 is 0 Å². The normalized spacial score (nSPS) is 33.8. The molecule has 2 saturated heterocycles. The maximum absolute atomic E-state index is 10.8. The molecule has 0 saturated carbocycles. The van der Waals surface area contributed by atoms with Crippen LogP contribution in [0, 0.1) is 0 Å². The first-order chi connectivity index (χ1) is 17.3. The standard InChI is InChI=1S/C25H58O9Si5/c1-35(2,3)30-19-17-28-25(23(34-39(13,14)15)21(19)32-37(7,8)9)29-18-16-27-24(26)22(33-38(10,11)12)20(18)31-36(4,5)6/h18-26H,16-17H2,1-15H3/t18?,19-,20+,21+,22-,23-,24-,25+/m1/s1. The molecule has 2 heterocycles. The summed E-state index contributed by atoms with van der Waals surface area (Å²) in [6.07, 6.45) is -4.51. The van der Waals surface area contributed by atoms with Crippen molar-refractivity contribution in [2.75, 3.05) is 13.2 Å². The van der Waals surface area contributed by atoms with Crippen LogP contribution >= 0.6 is 0 Å². The molecule has 8 atom stereocenters. The topological polar surface area (TPSA) is 94.1 Å². The van der Waals surface area contributed by atoms with Crippen LogP contribution in [-0.2, 0) is 36.3 Å². The third-order valence-electron chi connectivity index (χ3n) is 5.56. The molecule has 232 valence electrons. The number of hydrogen-bond acceptors (Lipinski definition) is 9. The molecule has 0 aromatic carbocycles. The van der Waals surface area contributed by atoms with E-state index in [0.29, 0.717) is 6.61 Å². The highest BCUT2D eigenvalue weighted by atomic mass is 28.4. The fraction of sp³-hybridized carbons (Fsp3) is 1.00. The summed E-state index contributed by atoms with van der Waals surface area (Å²) in [6.45, 7) is 32.7. The second-order valence-corrected chi connectivity index (χ2v) is 38.0. The smallest absolute Gasteiger partial charge is 0.185 e. The number of aliphatic hydroxyl groups is 1. The Morgan fingerprint density at radius 1 is 0.462 bits per heavy atom. The fourth-order valence-corrected chi connectivity index (χ4v) is 10.1. The Hall–Kier alpha value is 0.724. The first-order valence-electron chi connectivity index (χ1n) is 14.3. The van der Waals surface area contributed by atoms with Crippen molar-refractivity contribution >= 4 is 41.6 Å². The minimum Gasteiger partial charge on any atom is -0.410 e. The SMILES string of the molecule is C[Si](C)(C)O[C@@H]1[C@@H](O[Si](C)(C)C)[C@H](OC2CO[C@@H](O)[C@H](O[Si](C)(C)C)[C@H]2O[Si](C)(C)C)OC[C@H]1O[Si](C)(C)C. The summed E-state index contributed by atoms with van der Waals surface area (Å²) in [4.78, 5) is 0. The Bertz CT molecular complexity index is 770. The van der Waals surface area contributed by atoms with Gasteiger partial charge in [-0.25, -0.2) is 0 Å². The maximum atomic E-state index is 10.8. The number of hydrogen-bond donors (Lipinski definition) is 1. The predicted octanol–water partition coefficient (Wildman–Crippen LogP) is 5.18. The number of ether oxygens (including phenoxy) is 3. The summed E-state index contributed by atoms with van der Waals surface area (Å²) in [5.74, 6) is 0. The third kappa shape index (κ3) is 12.9. The molecule has 0 spiro atoms. The van der Waals surface area contributed by atoms with Crippen LogP contribution in [0.15, 0.2) is 0 Å². The molecule has 0 amide bonds. The second kappa shape index (κ2) is 13.2. The van der Waals surface area contributed by atoms with Gasteiger partial charge < -0.3 is 41.4 Å². The highest BCUT2D eigenvalue weighted by molar-refractivity contribution is 6.71. The molecule has 0 aromatic heterocycles. The van der Waals surface area contributed by atoms with E-state index in [0.717, 1.165) is 0 Å². The molecule has 2 fully saturated rings. The van der Waals surface area contributed by atoms with Gasteiger partial charge in [0, 0.05) is 0 Å². The zero-order valence-electron chi connectivity index (χ0n) is 27.2. The average Bonchev–Trinajstić information content (AvgIpc) is 2.66. The van der Waals surface area contributed by atoms with E-state index in [1.54, 1.807) is 0 Å². The van der Waals surface area contributed by atoms with Crippen LogP contribution in [0.25, 0.3) is 0 Å². The van der Waals surface area contributed by atoms with Crippen LogP contribution in [0.3, 0.4) is 0 Å². The van der Waals surface area contributed by atoms with Crippen LogP contribution in [0.5, 0.6) is 0 Å². The third-order valence-corrected chi connectivity index (χ3v) is 10.5. The van der Waals surface area contributed by atoms with E-state index in [4.69, 9.17) is 36.3 Å². The zero-order chi connectivity index (χ0) is 30.2. The molecule has 0 radical (unpaired) electrons. The minimum absolute atomic E-state index is 0.162. The second-order valence-electron chi connectivity index (χ2n) is 15.6. The molecule has 2 aliphatic rings. The summed E-state index contributed by atoms with van der Waals surface area (Å²) in [6, 6.07) is 0. The molecule has 1 unspecified atom stereocenters. The zero-order valence-corrected chi connectivity index (χ0v) is 32.2. The molecule has 2 rings (SSSR count). The summed E-state index contributed by atoms with van der Waals surface area (Å²) in [5.41, 5.74) is 0. The van der Waals surface area contributed by atoms with Gasteiger partial charge >= 0.3 is 0 Å². The molecule has 0 bridgehead atoms. The van der Waals surface area contributed by atoms with Gasteiger partial charge in [0.15, 0.2) is 54.2 Å². The van der Waals surface area contributed by atoms with Crippen molar-refractivity contribution in [1.82, 2.24) is 0 Å². The van der Waals surface area contributed by atoms with Crippen LogP contribution in [0.2, 0.25) is 98.2 Å². The molecule has 1 N–H and O–H groups in total. The first-order valence-corrected chi connectivity index (χ1v) is 31.3. The highest BCUT2D eigenvalue weighted by Gasteiger charge is 2.51. The summed E-state index contributed by atoms with van der Waals surface area (Å²) < 4.78 is 52.1. The van der Waals surface area contributed by atoms with Crippen molar-refractivity contribution in [2.24, 2.45) is 0 Å². The molecule has 39 heavy (non-hydrogen) atoms. The van der Waals surface area contributed by atoms with Crippen LogP contribution in [0.1, 0.15) is 0 Å². The van der Waals surface area contributed by atoms with Crippen LogP contribution in [-0.4, -0.2) is 109 Å². The molecule has 9 nitrogen and oxygen atoms in total. The molecule has 0 aromatic rings. The van der Waals surface area contributed by atoms with Gasteiger partial charge in [-0.1, -0.05) is 0 Å². The Morgan fingerprint density at radius 3 is 1.26 bits per heavy atom. The Labute approximate surface area is 243 Å². The molecule has 14 heteroatoms. The van der Waals surface area contributed by atoms with Gasteiger partial charge in [0.1, 0.15) is 30.5 Å². The minimum atomic E-state index is -2.05. The largest absolute Gasteiger partial charge is 0.410 e. The number of rotatable bonds is 12. The van der Waals surface area contributed by atoms with Crippen molar-refractivity contribution in [3.63, 3.8) is 0 Å².